The van der Waals surface area contributed by atoms with Crippen LogP contribution in [0, 0.1) is 11.8 Å². The Hall–Kier alpha value is -0.770. The number of likely N-dealkylation sites (tertiary alicyclic amines) is 1. The topological polar surface area (TPSA) is 23.6 Å². The molecule has 0 spiro atoms. The standard InChI is InChI=1S/C20H28Cl2N2O/c1-23(2)9-3-4-14-7-10-24(11-8-14)20(25)17-13-16(17)15-5-6-18(21)19(22)12-15/h5-6,12,14,16-17H,3-4,7-11,13H2,1-2H3/t16-,17-/m0/s1. The monoisotopic (exact) mass is 382 g/mol. The second-order valence-electron chi connectivity index (χ2n) is 7.84. The summed E-state index contributed by atoms with van der Waals surface area (Å²) < 4.78 is 0. The van der Waals surface area contributed by atoms with Crippen LogP contribution in [0.5, 0.6) is 0 Å². The van der Waals surface area contributed by atoms with Gasteiger partial charge in [-0.2, -0.15) is 0 Å². The summed E-state index contributed by atoms with van der Waals surface area (Å²) in [6, 6.07) is 5.75. The van der Waals surface area contributed by atoms with Gasteiger partial charge < -0.3 is 9.80 Å². The summed E-state index contributed by atoms with van der Waals surface area (Å²) in [5.41, 5.74) is 1.14. The Morgan fingerprint density at radius 1 is 1.20 bits per heavy atom. The molecule has 2 atom stereocenters. The molecule has 25 heavy (non-hydrogen) atoms. The summed E-state index contributed by atoms with van der Waals surface area (Å²) in [6.07, 6.45) is 5.80. The van der Waals surface area contributed by atoms with Crippen molar-refractivity contribution >= 4 is 29.1 Å². The van der Waals surface area contributed by atoms with Gasteiger partial charge in [-0.05, 0) is 82.3 Å². The third-order valence-corrected chi connectivity index (χ3v) is 6.36. The molecule has 1 saturated heterocycles. The number of nitrogens with zero attached hydrogens (tertiary/aromatic N) is 2. The van der Waals surface area contributed by atoms with Crippen molar-refractivity contribution in [2.24, 2.45) is 11.8 Å². The maximum absolute atomic E-state index is 12.8. The minimum absolute atomic E-state index is 0.141. The minimum Gasteiger partial charge on any atom is -0.342 e. The Balaban J connectivity index is 1.45. The first-order valence-electron chi connectivity index (χ1n) is 9.34. The highest BCUT2D eigenvalue weighted by Gasteiger charge is 2.46. The summed E-state index contributed by atoms with van der Waals surface area (Å²) in [7, 11) is 4.25. The molecule has 0 bridgehead atoms. The molecular weight excluding hydrogens is 355 g/mol. The van der Waals surface area contributed by atoms with Crippen LogP contribution in [0.2, 0.25) is 10.0 Å². The second-order valence-corrected chi connectivity index (χ2v) is 8.65. The Kier molecular flexibility index (Phi) is 6.30. The first kappa shape index (κ1) is 19.0. The number of benzene rings is 1. The van der Waals surface area contributed by atoms with Crippen LogP contribution in [0.25, 0.3) is 0 Å². The van der Waals surface area contributed by atoms with Crippen LogP contribution in [0.3, 0.4) is 0 Å². The van der Waals surface area contributed by atoms with Crippen LogP contribution in [0.15, 0.2) is 18.2 Å². The van der Waals surface area contributed by atoms with Crippen LogP contribution in [-0.4, -0.2) is 49.4 Å². The van der Waals surface area contributed by atoms with Gasteiger partial charge in [0.2, 0.25) is 5.91 Å². The molecule has 1 aliphatic carbocycles. The van der Waals surface area contributed by atoms with Crippen molar-refractivity contribution < 1.29 is 4.79 Å². The number of amides is 1. The normalized spacial score (nSPS) is 24.0. The molecule has 1 aromatic carbocycles. The quantitative estimate of drug-likeness (QED) is 0.712. The van der Waals surface area contributed by atoms with Gasteiger partial charge in [0.05, 0.1) is 10.0 Å². The zero-order valence-electron chi connectivity index (χ0n) is 15.2. The number of halogens is 2. The summed E-state index contributed by atoms with van der Waals surface area (Å²) in [5.74, 6) is 1.58. The van der Waals surface area contributed by atoms with E-state index in [9.17, 15) is 4.79 Å². The molecule has 3 nitrogen and oxygen atoms in total. The Labute approximate surface area is 161 Å². The molecule has 0 aromatic heterocycles. The molecular formula is C20H28Cl2N2O. The number of carbonyl (C=O) groups excluding carboxylic acids is 1. The third-order valence-electron chi connectivity index (χ3n) is 5.62. The van der Waals surface area contributed by atoms with E-state index < -0.39 is 0 Å². The van der Waals surface area contributed by atoms with Crippen LogP contribution in [0.1, 0.15) is 43.6 Å². The highest BCUT2D eigenvalue weighted by atomic mass is 35.5. The fourth-order valence-corrected chi connectivity index (χ4v) is 4.26. The SMILES string of the molecule is CN(C)CCCC1CCN(C(=O)[C@H]2C[C@H]2c2ccc(Cl)c(Cl)c2)CC1. The molecule has 1 aromatic rings. The van der Waals surface area contributed by atoms with Crippen molar-refractivity contribution in [3.05, 3.63) is 33.8 Å². The first-order valence-corrected chi connectivity index (χ1v) is 10.1. The highest BCUT2D eigenvalue weighted by Crippen LogP contribution is 2.49. The van der Waals surface area contributed by atoms with E-state index >= 15 is 0 Å². The van der Waals surface area contributed by atoms with Crippen LogP contribution in [-0.2, 0) is 4.79 Å². The van der Waals surface area contributed by atoms with Crippen molar-refractivity contribution in [3.8, 4) is 0 Å². The van der Waals surface area contributed by atoms with Crippen molar-refractivity contribution in [2.45, 2.75) is 38.0 Å². The van der Waals surface area contributed by atoms with Crippen LogP contribution < -0.4 is 0 Å². The molecule has 0 unspecified atom stereocenters. The fraction of sp³-hybridized carbons (Fsp3) is 0.650. The third kappa shape index (κ3) is 4.90. The van der Waals surface area contributed by atoms with E-state index in [0.29, 0.717) is 21.9 Å². The van der Waals surface area contributed by atoms with Crippen molar-refractivity contribution in [3.63, 3.8) is 0 Å². The molecule has 2 fully saturated rings. The highest BCUT2D eigenvalue weighted by molar-refractivity contribution is 6.42. The molecule has 2 aliphatic rings. The summed E-state index contributed by atoms with van der Waals surface area (Å²) in [4.78, 5) is 17.1. The predicted molar refractivity (Wildman–Crippen MR) is 104 cm³/mol. The molecule has 3 rings (SSSR count). The van der Waals surface area contributed by atoms with Gasteiger partial charge in [0.25, 0.3) is 0 Å². The smallest absolute Gasteiger partial charge is 0.226 e. The van der Waals surface area contributed by atoms with Crippen molar-refractivity contribution in [1.82, 2.24) is 9.80 Å². The van der Waals surface area contributed by atoms with E-state index in [1.807, 2.05) is 18.2 Å². The number of carbonyl (C=O) groups is 1. The summed E-state index contributed by atoms with van der Waals surface area (Å²) in [5, 5.41) is 1.15. The predicted octanol–water partition coefficient (Wildman–Crippen LogP) is 4.68. The van der Waals surface area contributed by atoms with E-state index in [0.717, 1.165) is 50.4 Å². The van der Waals surface area contributed by atoms with E-state index in [1.54, 1.807) is 0 Å². The lowest BCUT2D eigenvalue weighted by atomic mass is 9.92. The minimum atomic E-state index is 0.141. The molecule has 138 valence electrons. The fourth-order valence-electron chi connectivity index (χ4n) is 3.95. The Bertz CT molecular complexity index is 612. The lowest BCUT2D eigenvalue weighted by Crippen LogP contribution is -2.39. The van der Waals surface area contributed by atoms with Crippen molar-refractivity contribution in [1.29, 1.82) is 0 Å². The second kappa shape index (κ2) is 8.28. The van der Waals surface area contributed by atoms with Crippen LogP contribution in [0.4, 0.5) is 0 Å². The lowest BCUT2D eigenvalue weighted by Gasteiger charge is -2.32. The molecule has 1 aliphatic heterocycles. The molecule has 5 heteroatoms. The van der Waals surface area contributed by atoms with Gasteiger partial charge in [-0.1, -0.05) is 29.3 Å². The summed E-state index contributed by atoms with van der Waals surface area (Å²) >= 11 is 12.1. The van der Waals surface area contributed by atoms with Gasteiger partial charge in [0, 0.05) is 19.0 Å². The van der Waals surface area contributed by atoms with Gasteiger partial charge in [0.1, 0.15) is 0 Å². The number of rotatable bonds is 6. The van der Waals surface area contributed by atoms with Gasteiger partial charge in [-0.25, -0.2) is 0 Å². The lowest BCUT2D eigenvalue weighted by molar-refractivity contribution is -0.134. The van der Waals surface area contributed by atoms with Gasteiger partial charge in [-0.15, -0.1) is 0 Å². The van der Waals surface area contributed by atoms with Crippen LogP contribution >= 0.6 is 23.2 Å². The Morgan fingerprint density at radius 2 is 1.92 bits per heavy atom. The van der Waals surface area contributed by atoms with Gasteiger partial charge in [-0.3, -0.25) is 4.79 Å². The van der Waals surface area contributed by atoms with Crippen molar-refractivity contribution in [2.75, 3.05) is 33.7 Å². The zero-order chi connectivity index (χ0) is 18.0. The number of hydrogen-bond donors (Lipinski definition) is 0. The maximum Gasteiger partial charge on any atom is 0.226 e. The van der Waals surface area contributed by atoms with E-state index in [-0.39, 0.29) is 5.92 Å². The van der Waals surface area contributed by atoms with Gasteiger partial charge >= 0.3 is 0 Å². The van der Waals surface area contributed by atoms with E-state index in [1.165, 1.54) is 12.8 Å². The Morgan fingerprint density at radius 3 is 2.56 bits per heavy atom. The number of piperidine rings is 1. The van der Waals surface area contributed by atoms with E-state index in [4.69, 9.17) is 23.2 Å². The molecule has 1 amide bonds. The average molecular weight is 383 g/mol. The molecule has 0 radical (unpaired) electrons. The molecule has 1 heterocycles. The maximum atomic E-state index is 12.8. The van der Waals surface area contributed by atoms with E-state index in [2.05, 4.69) is 23.9 Å². The average Bonchev–Trinajstić information content (AvgIpc) is 3.38. The summed E-state index contributed by atoms with van der Waals surface area (Å²) in [6.45, 7) is 3.01. The number of hydrogen-bond acceptors (Lipinski definition) is 2. The first-order chi connectivity index (χ1) is 12.0. The largest absolute Gasteiger partial charge is 0.342 e. The molecule has 0 N–H and O–H groups in total. The molecule has 1 saturated carbocycles. The van der Waals surface area contributed by atoms with Gasteiger partial charge in [0.15, 0.2) is 0 Å². The zero-order valence-corrected chi connectivity index (χ0v) is 16.7.